The van der Waals surface area contributed by atoms with E-state index in [0.29, 0.717) is 0 Å². The topological polar surface area (TPSA) is 24.5 Å². The maximum absolute atomic E-state index is 5.13. The zero-order chi connectivity index (χ0) is 8.10. The van der Waals surface area contributed by atoms with Gasteiger partial charge in [0.25, 0.3) is 0 Å². The van der Waals surface area contributed by atoms with E-state index >= 15 is 0 Å². The molecule has 1 unspecified atom stereocenters. The van der Waals surface area contributed by atoms with E-state index < -0.39 is 0 Å². The smallest absolute Gasteiger partial charge is 0.110 e. The first-order chi connectivity index (χ1) is 5.34. The Hall–Kier alpha value is -0.120. The molecular formula is C8H17N2O. The molecule has 1 N–H and O–H groups in total. The van der Waals surface area contributed by atoms with Gasteiger partial charge in [-0.1, -0.05) is 0 Å². The molecule has 1 atom stereocenters. The second-order valence-corrected chi connectivity index (χ2v) is 2.83. The van der Waals surface area contributed by atoms with E-state index in [0.717, 1.165) is 26.2 Å². The first-order valence-corrected chi connectivity index (χ1v) is 4.15. The van der Waals surface area contributed by atoms with Crippen molar-refractivity contribution in [1.82, 2.24) is 10.2 Å². The zero-order valence-corrected chi connectivity index (χ0v) is 7.18. The largest absolute Gasteiger partial charge is 0.366 e. The summed E-state index contributed by atoms with van der Waals surface area (Å²) in [4.78, 5) is 2.25. The van der Waals surface area contributed by atoms with Gasteiger partial charge in [-0.2, -0.15) is 0 Å². The molecule has 1 fully saturated rings. The van der Waals surface area contributed by atoms with Crippen molar-refractivity contribution in [2.24, 2.45) is 0 Å². The predicted molar refractivity (Wildman–Crippen MR) is 45.2 cm³/mol. The highest BCUT2D eigenvalue weighted by Crippen LogP contribution is 2.01. The summed E-state index contributed by atoms with van der Waals surface area (Å²) >= 11 is 0. The van der Waals surface area contributed by atoms with Gasteiger partial charge in [-0.05, 0) is 19.9 Å². The van der Waals surface area contributed by atoms with Crippen molar-refractivity contribution in [2.75, 3.05) is 33.3 Å². The van der Waals surface area contributed by atoms with Crippen LogP contribution in [0, 0.1) is 6.92 Å². The third kappa shape index (κ3) is 2.77. The van der Waals surface area contributed by atoms with Crippen LogP contribution in [-0.2, 0) is 4.74 Å². The fourth-order valence-electron chi connectivity index (χ4n) is 1.30. The Morgan fingerprint density at radius 3 is 3.00 bits per heavy atom. The van der Waals surface area contributed by atoms with Gasteiger partial charge in [0, 0.05) is 26.7 Å². The van der Waals surface area contributed by atoms with Gasteiger partial charge in [0.1, 0.15) is 6.23 Å². The molecule has 3 nitrogen and oxygen atoms in total. The summed E-state index contributed by atoms with van der Waals surface area (Å²) in [6.07, 6.45) is 1.21. The molecule has 1 rings (SSSR count). The van der Waals surface area contributed by atoms with Gasteiger partial charge in [0.2, 0.25) is 0 Å². The second-order valence-electron chi connectivity index (χ2n) is 2.83. The van der Waals surface area contributed by atoms with E-state index in [9.17, 15) is 0 Å². The van der Waals surface area contributed by atoms with Crippen molar-refractivity contribution >= 4 is 0 Å². The molecule has 0 aromatic rings. The highest BCUT2D eigenvalue weighted by molar-refractivity contribution is 4.70. The van der Waals surface area contributed by atoms with E-state index in [-0.39, 0.29) is 6.23 Å². The van der Waals surface area contributed by atoms with Crippen molar-refractivity contribution in [1.29, 1.82) is 0 Å². The van der Waals surface area contributed by atoms with Gasteiger partial charge in [-0.25, -0.2) is 0 Å². The average Bonchev–Trinajstić information content (AvgIpc) is 2.30. The minimum atomic E-state index is 0.0231. The number of nitrogens with one attached hydrogen (secondary N) is 1. The Kier molecular flexibility index (Phi) is 3.83. The number of rotatable bonds is 2. The molecule has 0 aliphatic carbocycles. The first kappa shape index (κ1) is 8.97. The van der Waals surface area contributed by atoms with Crippen LogP contribution >= 0.6 is 0 Å². The predicted octanol–water partition coefficient (Wildman–Crippen LogP) is 0.0883. The van der Waals surface area contributed by atoms with Crippen molar-refractivity contribution < 1.29 is 4.74 Å². The fraction of sp³-hybridized carbons (Fsp3) is 0.875. The molecule has 0 bridgehead atoms. The summed E-state index contributed by atoms with van der Waals surface area (Å²) in [5, 5.41) is 3.33. The zero-order valence-electron chi connectivity index (χ0n) is 7.18. The van der Waals surface area contributed by atoms with Crippen LogP contribution in [0.25, 0.3) is 0 Å². The van der Waals surface area contributed by atoms with Crippen LogP contribution in [0.4, 0.5) is 0 Å². The van der Waals surface area contributed by atoms with Crippen LogP contribution in [0.5, 0.6) is 0 Å². The molecule has 65 valence electrons. The molecule has 11 heavy (non-hydrogen) atoms. The summed E-state index contributed by atoms with van der Waals surface area (Å²) in [5.74, 6) is 0. The van der Waals surface area contributed by atoms with E-state index in [4.69, 9.17) is 4.74 Å². The third-order valence-corrected chi connectivity index (χ3v) is 2.05. The maximum Gasteiger partial charge on any atom is 0.110 e. The number of ether oxygens (including phenoxy) is 1. The summed E-state index contributed by atoms with van der Waals surface area (Å²) in [6, 6.07) is 0. The number of hydrogen-bond donors (Lipinski definition) is 1. The van der Waals surface area contributed by atoms with Gasteiger partial charge in [-0.15, -0.1) is 0 Å². The molecule has 0 saturated carbocycles. The molecule has 1 heterocycles. The van der Waals surface area contributed by atoms with Crippen LogP contribution in [0.1, 0.15) is 6.42 Å². The van der Waals surface area contributed by atoms with Gasteiger partial charge in [0.15, 0.2) is 0 Å². The lowest BCUT2D eigenvalue weighted by Crippen LogP contribution is -2.37. The van der Waals surface area contributed by atoms with E-state index in [2.05, 4.69) is 17.1 Å². The van der Waals surface area contributed by atoms with Crippen molar-refractivity contribution in [3.63, 3.8) is 0 Å². The lowest BCUT2D eigenvalue weighted by Gasteiger charge is -2.25. The minimum Gasteiger partial charge on any atom is -0.366 e. The lowest BCUT2D eigenvalue weighted by molar-refractivity contribution is 0.00411. The fourth-order valence-corrected chi connectivity index (χ4v) is 1.30. The number of methoxy groups -OCH3 is 1. The van der Waals surface area contributed by atoms with Crippen LogP contribution in [0.2, 0.25) is 0 Å². The maximum atomic E-state index is 5.13. The molecule has 0 aromatic carbocycles. The molecule has 3 heteroatoms. The molecule has 1 radical (unpaired) electrons. The summed E-state index contributed by atoms with van der Waals surface area (Å²) in [7, 11) is 1.70. The standard InChI is InChI=1S/C8H17N2O/c1-8(11-2)10-6-3-4-9-5-7-10/h8-9H,1,3-7H2,2H3. The Bertz CT molecular complexity index is 100. The lowest BCUT2D eigenvalue weighted by atomic mass is 10.4. The van der Waals surface area contributed by atoms with Gasteiger partial charge in [-0.3, -0.25) is 4.90 Å². The quantitative estimate of drug-likeness (QED) is 0.615. The van der Waals surface area contributed by atoms with Gasteiger partial charge >= 0.3 is 0 Å². The Balaban J connectivity index is 2.30. The minimum absolute atomic E-state index is 0.0231. The van der Waals surface area contributed by atoms with E-state index in [1.165, 1.54) is 6.42 Å². The van der Waals surface area contributed by atoms with Crippen molar-refractivity contribution in [2.45, 2.75) is 12.6 Å². The van der Waals surface area contributed by atoms with Crippen LogP contribution in [0.15, 0.2) is 0 Å². The van der Waals surface area contributed by atoms with Crippen molar-refractivity contribution in [3.05, 3.63) is 6.92 Å². The van der Waals surface area contributed by atoms with Gasteiger partial charge < -0.3 is 10.1 Å². The van der Waals surface area contributed by atoms with Crippen LogP contribution in [-0.4, -0.2) is 44.4 Å². The monoisotopic (exact) mass is 157 g/mol. The highest BCUT2D eigenvalue weighted by atomic mass is 16.5. The third-order valence-electron chi connectivity index (χ3n) is 2.05. The molecule has 1 aliphatic heterocycles. The Morgan fingerprint density at radius 2 is 2.27 bits per heavy atom. The van der Waals surface area contributed by atoms with Crippen LogP contribution in [0.3, 0.4) is 0 Å². The van der Waals surface area contributed by atoms with Crippen LogP contribution < -0.4 is 5.32 Å². The summed E-state index contributed by atoms with van der Waals surface area (Å²) in [6.45, 7) is 8.20. The second kappa shape index (κ2) is 4.70. The Labute approximate surface area is 68.7 Å². The SMILES string of the molecule is [CH2]C(OC)N1CCCNCC1. The first-order valence-electron chi connectivity index (χ1n) is 4.15. The molecular weight excluding hydrogens is 140 g/mol. The normalized spacial score (nSPS) is 24.5. The van der Waals surface area contributed by atoms with E-state index in [1.807, 2.05) is 0 Å². The Morgan fingerprint density at radius 1 is 1.45 bits per heavy atom. The average molecular weight is 157 g/mol. The van der Waals surface area contributed by atoms with E-state index in [1.54, 1.807) is 7.11 Å². The molecule has 0 aromatic heterocycles. The van der Waals surface area contributed by atoms with Crippen molar-refractivity contribution in [3.8, 4) is 0 Å². The molecule has 0 amide bonds. The molecule has 1 aliphatic rings. The summed E-state index contributed by atoms with van der Waals surface area (Å²) in [5.41, 5.74) is 0. The summed E-state index contributed by atoms with van der Waals surface area (Å²) < 4.78 is 5.13. The number of hydrogen-bond acceptors (Lipinski definition) is 3. The molecule has 0 spiro atoms. The highest BCUT2D eigenvalue weighted by Gasteiger charge is 2.13. The van der Waals surface area contributed by atoms with Gasteiger partial charge in [0.05, 0.1) is 0 Å². The number of nitrogens with zero attached hydrogens (tertiary/aromatic N) is 1. The molecule has 1 saturated heterocycles.